The summed E-state index contributed by atoms with van der Waals surface area (Å²) in [6.45, 7) is 1.72. The molecule has 1 fully saturated rings. The average Bonchev–Trinajstić information content (AvgIpc) is 2.83. The first kappa shape index (κ1) is 16.1. The number of carbonyl (C=O) groups is 1. The van der Waals surface area contributed by atoms with Crippen LogP contribution in [0.2, 0.25) is 0 Å². The van der Waals surface area contributed by atoms with Gasteiger partial charge >= 0.3 is 0 Å². The third kappa shape index (κ3) is 3.00. The maximum atomic E-state index is 12.4. The number of amides is 1. The fraction of sp³-hybridized carbons (Fsp3) is 0.312. The van der Waals surface area contributed by atoms with Gasteiger partial charge in [0.05, 0.1) is 11.4 Å². The zero-order valence-electron chi connectivity index (χ0n) is 11.9. The van der Waals surface area contributed by atoms with Crippen LogP contribution in [0.4, 0.5) is 0 Å². The summed E-state index contributed by atoms with van der Waals surface area (Å²) in [5.41, 5.74) is 0.496. The Labute approximate surface area is 147 Å². The van der Waals surface area contributed by atoms with Gasteiger partial charge in [0.15, 0.2) is 0 Å². The van der Waals surface area contributed by atoms with Crippen LogP contribution in [0, 0.1) is 0 Å². The number of allylic oxidation sites excluding steroid dienone is 2. The first-order chi connectivity index (χ1) is 10.4. The summed E-state index contributed by atoms with van der Waals surface area (Å²) in [4.78, 5) is 14.1. The van der Waals surface area contributed by atoms with Crippen LogP contribution in [0.5, 0.6) is 0 Å². The zero-order chi connectivity index (χ0) is 15.9. The van der Waals surface area contributed by atoms with E-state index in [-0.39, 0.29) is 11.3 Å². The highest BCUT2D eigenvalue weighted by molar-refractivity contribution is 9.10. The van der Waals surface area contributed by atoms with Crippen molar-refractivity contribution in [2.24, 2.45) is 0 Å². The van der Waals surface area contributed by atoms with E-state index >= 15 is 0 Å². The predicted molar refractivity (Wildman–Crippen MR) is 93.4 cm³/mol. The van der Waals surface area contributed by atoms with E-state index in [0.29, 0.717) is 22.9 Å². The Balaban J connectivity index is 2.03. The standard InChI is InChI=1S/C16H15BrClNO2S/c1-16(21)6-5-12(18)8-13(16)19-14(20)9-22-15(19)10-3-2-4-11(17)7-10/h2-5,7-8,15,21H,6,9H2,1H3. The molecule has 1 aliphatic carbocycles. The number of thioether (sulfide) groups is 1. The van der Waals surface area contributed by atoms with Gasteiger partial charge in [0, 0.05) is 15.9 Å². The van der Waals surface area contributed by atoms with E-state index in [1.165, 1.54) is 0 Å². The van der Waals surface area contributed by atoms with E-state index in [9.17, 15) is 9.90 Å². The van der Waals surface area contributed by atoms with Crippen LogP contribution in [0.15, 0.2) is 51.6 Å². The van der Waals surface area contributed by atoms with Gasteiger partial charge in [-0.3, -0.25) is 9.69 Å². The fourth-order valence-corrected chi connectivity index (χ4v) is 4.42. The molecule has 1 amide bonds. The SMILES string of the molecule is CC1(O)CC=C(Cl)C=C1N1C(=O)CSC1c1cccc(Br)c1. The van der Waals surface area contributed by atoms with Crippen molar-refractivity contribution in [2.75, 3.05) is 5.75 Å². The van der Waals surface area contributed by atoms with Crippen LogP contribution >= 0.6 is 39.3 Å². The molecule has 3 rings (SSSR count). The van der Waals surface area contributed by atoms with Crippen molar-refractivity contribution >= 4 is 45.2 Å². The molecule has 1 heterocycles. The summed E-state index contributed by atoms with van der Waals surface area (Å²) in [6.07, 6.45) is 3.87. The van der Waals surface area contributed by atoms with E-state index in [2.05, 4.69) is 15.9 Å². The number of hydrogen-bond donors (Lipinski definition) is 1. The first-order valence-corrected chi connectivity index (χ1v) is 9.10. The highest BCUT2D eigenvalue weighted by atomic mass is 79.9. The molecule has 1 aromatic rings. The minimum absolute atomic E-state index is 0.00660. The van der Waals surface area contributed by atoms with Crippen LogP contribution in [0.1, 0.15) is 24.3 Å². The third-order valence-corrected chi connectivity index (χ3v) is 5.75. The maximum absolute atomic E-state index is 12.4. The molecule has 2 aliphatic rings. The van der Waals surface area contributed by atoms with Gasteiger partial charge in [-0.15, -0.1) is 11.8 Å². The summed E-state index contributed by atoms with van der Waals surface area (Å²) in [6, 6.07) is 7.88. The molecule has 1 aliphatic heterocycles. The van der Waals surface area contributed by atoms with Crippen LogP contribution in [-0.4, -0.2) is 27.3 Å². The molecule has 3 nitrogen and oxygen atoms in total. The van der Waals surface area contributed by atoms with Gasteiger partial charge in [0.2, 0.25) is 5.91 Å². The number of aliphatic hydroxyl groups is 1. The summed E-state index contributed by atoms with van der Waals surface area (Å²) >= 11 is 11.1. The van der Waals surface area contributed by atoms with E-state index in [0.717, 1.165) is 10.0 Å². The van der Waals surface area contributed by atoms with E-state index in [1.807, 2.05) is 24.3 Å². The highest BCUT2D eigenvalue weighted by Crippen LogP contribution is 2.45. The lowest BCUT2D eigenvalue weighted by Crippen LogP contribution is -2.41. The number of nitrogens with zero attached hydrogens (tertiary/aromatic N) is 1. The summed E-state index contributed by atoms with van der Waals surface area (Å²) in [5, 5.41) is 11.1. The van der Waals surface area contributed by atoms with Crippen molar-refractivity contribution in [3.8, 4) is 0 Å². The summed E-state index contributed by atoms with van der Waals surface area (Å²) in [7, 11) is 0. The Morgan fingerprint density at radius 3 is 3.00 bits per heavy atom. The van der Waals surface area contributed by atoms with Crippen molar-refractivity contribution in [1.82, 2.24) is 4.90 Å². The normalized spacial score (nSPS) is 28.6. The molecule has 6 heteroatoms. The fourth-order valence-electron chi connectivity index (χ4n) is 2.67. The van der Waals surface area contributed by atoms with Gasteiger partial charge in [-0.1, -0.05) is 45.7 Å². The van der Waals surface area contributed by atoms with Crippen molar-refractivity contribution in [2.45, 2.75) is 24.3 Å². The molecule has 22 heavy (non-hydrogen) atoms. The van der Waals surface area contributed by atoms with Crippen LogP contribution in [0.3, 0.4) is 0 Å². The summed E-state index contributed by atoms with van der Waals surface area (Å²) in [5.74, 6) is 0.388. The second-order valence-electron chi connectivity index (χ2n) is 5.58. The molecule has 0 radical (unpaired) electrons. The lowest BCUT2D eigenvalue weighted by Gasteiger charge is -2.37. The van der Waals surface area contributed by atoms with Crippen LogP contribution < -0.4 is 0 Å². The number of halogens is 2. The molecule has 2 unspecified atom stereocenters. The van der Waals surface area contributed by atoms with E-state index in [1.54, 1.807) is 35.7 Å². The van der Waals surface area contributed by atoms with Crippen LogP contribution in [-0.2, 0) is 4.79 Å². The van der Waals surface area contributed by atoms with Gasteiger partial charge in [-0.2, -0.15) is 0 Å². The smallest absolute Gasteiger partial charge is 0.238 e. The van der Waals surface area contributed by atoms with Crippen molar-refractivity contribution in [1.29, 1.82) is 0 Å². The topological polar surface area (TPSA) is 40.5 Å². The van der Waals surface area contributed by atoms with Crippen molar-refractivity contribution < 1.29 is 9.90 Å². The molecule has 0 bridgehead atoms. The summed E-state index contributed by atoms with van der Waals surface area (Å²) < 4.78 is 0.965. The molecule has 1 saturated heterocycles. The van der Waals surface area contributed by atoms with E-state index < -0.39 is 5.60 Å². The monoisotopic (exact) mass is 399 g/mol. The Morgan fingerprint density at radius 2 is 2.27 bits per heavy atom. The molecular weight excluding hydrogens is 386 g/mol. The molecule has 1 aromatic carbocycles. The molecule has 0 aromatic heterocycles. The Hall–Kier alpha value is -0.750. The highest BCUT2D eigenvalue weighted by Gasteiger charge is 2.42. The molecule has 0 saturated carbocycles. The Kier molecular flexibility index (Phi) is 4.42. The number of benzene rings is 1. The molecule has 1 N–H and O–H groups in total. The molecule has 2 atom stereocenters. The first-order valence-electron chi connectivity index (χ1n) is 6.88. The number of carbonyl (C=O) groups excluding carboxylic acids is 1. The minimum Gasteiger partial charge on any atom is -0.384 e. The van der Waals surface area contributed by atoms with E-state index in [4.69, 9.17) is 11.6 Å². The van der Waals surface area contributed by atoms with Crippen molar-refractivity contribution in [3.63, 3.8) is 0 Å². The number of hydrogen-bond acceptors (Lipinski definition) is 3. The van der Waals surface area contributed by atoms with Crippen molar-refractivity contribution in [3.05, 3.63) is 57.2 Å². The quantitative estimate of drug-likeness (QED) is 0.809. The second-order valence-corrected chi connectivity index (χ2v) is 8.00. The molecular formula is C16H15BrClNO2S. The second kappa shape index (κ2) is 6.04. The lowest BCUT2D eigenvalue weighted by molar-refractivity contribution is -0.127. The zero-order valence-corrected chi connectivity index (χ0v) is 15.1. The van der Waals surface area contributed by atoms with Crippen LogP contribution in [0.25, 0.3) is 0 Å². The van der Waals surface area contributed by atoms with Gasteiger partial charge in [-0.05, 0) is 30.7 Å². The average molecular weight is 401 g/mol. The molecule has 116 valence electrons. The third-order valence-electron chi connectivity index (χ3n) is 3.78. The maximum Gasteiger partial charge on any atom is 0.238 e. The van der Waals surface area contributed by atoms with Gasteiger partial charge < -0.3 is 5.11 Å². The van der Waals surface area contributed by atoms with Gasteiger partial charge in [-0.25, -0.2) is 0 Å². The largest absolute Gasteiger partial charge is 0.384 e. The van der Waals surface area contributed by atoms with Gasteiger partial charge in [0.1, 0.15) is 11.0 Å². The Morgan fingerprint density at radius 1 is 1.50 bits per heavy atom. The lowest BCUT2D eigenvalue weighted by atomic mass is 9.92. The minimum atomic E-state index is -1.09. The number of rotatable bonds is 2. The molecule has 0 spiro atoms. The predicted octanol–water partition coefficient (Wildman–Crippen LogP) is 4.18. The van der Waals surface area contributed by atoms with Gasteiger partial charge in [0.25, 0.3) is 0 Å². The Bertz CT molecular complexity index is 686.